The summed E-state index contributed by atoms with van der Waals surface area (Å²) in [4.78, 5) is 43.4. The quantitative estimate of drug-likeness (QED) is 0.309. The summed E-state index contributed by atoms with van der Waals surface area (Å²) in [7, 11) is 1.70. The third-order valence-corrected chi connectivity index (χ3v) is 6.22. The number of hydrogen-bond donors (Lipinski definition) is 0. The first-order valence-electron chi connectivity index (χ1n) is 11.0. The largest absolute Gasteiger partial charge is 0.444 e. The van der Waals surface area contributed by atoms with Crippen molar-refractivity contribution in [3.63, 3.8) is 0 Å². The third-order valence-electron chi connectivity index (χ3n) is 5.38. The zero-order valence-corrected chi connectivity index (χ0v) is 22.0. The number of likely N-dealkylation sites (N-methyl/N-ethyl adjacent to an activating group) is 1. The summed E-state index contributed by atoms with van der Waals surface area (Å²) in [5.41, 5.74) is 0.361. The summed E-state index contributed by atoms with van der Waals surface area (Å²) in [6, 6.07) is 5.78. The molecule has 1 saturated heterocycles. The van der Waals surface area contributed by atoms with Crippen LogP contribution in [0.25, 0.3) is 0 Å². The predicted octanol–water partition coefficient (Wildman–Crippen LogP) is 3.00. The van der Waals surface area contributed by atoms with Gasteiger partial charge in [0.25, 0.3) is 11.6 Å². The number of rotatable bonds is 8. The van der Waals surface area contributed by atoms with Crippen molar-refractivity contribution in [2.24, 2.45) is 16.5 Å². The number of nitro groups is 1. The maximum atomic E-state index is 13.1. The van der Waals surface area contributed by atoms with Crippen LogP contribution in [0.15, 0.2) is 29.4 Å². The number of nitro benzene ring substituents is 1. The van der Waals surface area contributed by atoms with Gasteiger partial charge in [-0.3, -0.25) is 19.8 Å². The van der Waals surface area contributed by atoms with Crippen LogP contribution in [0.4, 0.5) is 10.5 Å². The Labute approximate surface area is 201 Å². The molecule has 1 unspecified atom stereocenters. The van der Waals surface area contributed by atoms with Gasteiger partial charge < -0.3 is 18.9 Å². The van der Waals surface area contributed by atoms with E-state index in [4.69, 9.17) is 14.0 Å². The molecule has 0 bridgehead atoms. The Hall–Kier alpha value is -2.99. The Balaban J connectivity index is 2.24. The second kappa shape index (κ2) is 11.4. The second-order valence-corrected chi connectivity index (χ2v) is 12.0. The van der Waals surface area contributed by atoms with Crippen LogP contribution in [0.1, 0.15) is 26.3 Å². The van der Waals surface area contributed by atoms with Crippen LogP contribution >= 0.6 is 0 Å². The number of benzene rings is 1. The maximum Gasteiger partial charge on any atom is 0.415 e. The molecule has 0 spiro atoms. The molecule has 1 aromatic rings. The molecule has 1 aliphatic heterocycles. The highest BCUT2D eigenvalue weighted by Gasteiger charge is 2.48. The average Bonchev–Trinajstić information content (AvgIpc) is 3.10. The summed E-state index contributed by atoms with van der Waals surface area (Å²) < 4.78 is 11.8. The molecule has 34 heavy (non-hydrogen) atoms. The minimum atomic E-state index is -1.52. The SMILES string of the molecule is CN(C)C(=O)CO/N=C1\C(O[SiH](C)C)[C@H](C(C)(C)C)CN1C(=O)OCc1ccc([N+](=O)[O-])cc1. The van der Waals surface area contributed by atoms with E-state index in [0.29, 0.717) is 12.1 Å². The fourth-order valence-electron chi connectivity index (χ4n) is 3.39. The minimum absolute atomic E-state index is 0.0423. The van der Waals surface area contributed by atoms with Crippen LogP contribution in [-0.2, 0) is 25.4 Å². The van der Waals surface area contributed by atoms with Gasteiger partial charge in [0, 0.05) is 38.7 Å². The molecule has 2 amide bonds. The van der Waals surface area contributed by atoms with Crippen LogP contribution in [0.2, 0.25) is 13.1 Å². The van der Waals surface area contributed by atoms with E-state index >= 15 is 0 Å². The van der Waals surface area contributed by atoms with Crippen molar-refractivity contribution in [3.05, 3.63) is 39.9 Å². The van der Waals surface area contributed by atoms with E-state index in [9.17, 15) is 19.7 Å². The third kappa shape index (κ3) is 7.25. The van der Waals surface area contributed by atoms with Crippen molar-refractivity contribution in [2.45, 2.75) is 46.6 Å². The molecule has 0 aromatic heterocycles. The lowest BCUT2D eigenvalue weighted by atomic mass is 9.79. The highest BCUT2D eigenvalue weighted by molar-refractivity contribution is 6.48. The average molecular weight is 495 g/mol. The molecule has 1 aromatic carbocycles. The van der Waals surface area contributed by atoms with Gasteiger partial charge in [0.1, 0.15) is 12.7 Å². The normalized spacial score (nSPS) is 19.4. The van der Waals surface area contributed by atoms with Crippen molar-refractivity contribution < 1.29 is 28.5 Å². The van der Waals surface area contributed by atoms with Gasteiger partial charge in [0.15, 0.2) is 21.5 Å². The van der Waals surface area contributed by atoms with Crippen molar-refractivity contribution in [1.82, 2.24) is 9.80 Å². The lowest BCUT2D eigenvalue weighted by Gasteiger charge is -2.31. The minimum Gasteiger partial charge on any atom is -0.444 e. The Morgan fingerprint density at radius 1 is 1.24 bits per heavy atom. The van der Waals surface area contributed by atoms with Gasteiger partial charge in [-0.05, 0) is 36.2 Å². The van der Waals surface area contributed by atoms with Crippen LogP contribution in [0.3, 0.4) is 0 Å². The number of nitrogens with zero attached hydrogens (tertiary/aromatic N) is 4. The van der Waals surface area contributed by atoms with Crippen LogP contribution in [0.5, 0.6) is 0 Å². The maximum absolute atomic E-state index is 13.1. The Bertz CT molecular complexity index is 913. The lowest BCUT2D eigenvalue weighted by molar-refractivity contribution is -0.384. The molecule has 2 rings (SSSR count). The Morgan fingerprint density at radius 3 is 2.35 bits per heavy atom. The smallest absolute Gasteiger partial charge is 0.415 e. The standard InChI is InChI=1S/C22H34N4O7Si/c1-22(2,3)17-12-25(21(28)31-13-15-8-10-16(11-9-15)26(29)30)20(19(17)33-34(6)7)23-32-14-18(27)24(4)5/h8-11,17,19,34H,12-14H2,1-7H3/b23-20+/t17-,19?/m1/s1. The van der Waals surface area contributed by atoms with E-state index < -0.39 is 26.2 Å². The topological polar surface area (TPSA) is 124 Å². The van der Waals surface area contributed by atoms with Crippen molar-refractivity contribution in [3.8, 4) is 0 Å². The number of amidine groups is 1. The highest BCUT2D eigenvalue weighted by atomic mass is 28.3. The summed E-state index contributed by atoms with van der Waals surface area (Å²) in [6.45, 7) is 10.2. The van der Waals surface area contributed by atoms with Crippen molar-refractivity contribution in [1.29, 1.82) is 0 Å². The number of carbonyl (C=O) groups excluding carboxylic acids is 2. The van der Waals surface area contributed by atoms with E-state index in [1.165, 1.54) is 34.1 Å². The molecule has 12 heteroatoms. The number of non-ortho nitro benzene ring substituents is 1. The predicted molar refractivity (Wildman–Crippen MR) is 129 cm³/mol. The van der Waals surface area contributed by atoms with E-state index in [2.05, 4.69) is 25.9 Å². The number of ether oxygens (including phenoxy) is 1. The lowest BCUT2D eigenvalue weighted by Crippen LogP contribution is -2.39. The fourth-order valence-corrected chi connectivity index (χ4v) is 4.28. The zero-order valence-electron chi connectivity index (χ0n) is 20.8. The Morgan fingerprint density at radius 2 is 1.85 bits per heavy atom. The first-order valence-corrected chi connectivity index (χ1v) is 13.8. The molecule has 1 aliphatic rings. The molecular weight excluding hydrogens is 460 g/mol. The van der Waals surface area contributed by atoms with E-state index in [1.54, 1.807) is 14.1 Å². The summed E-state index contributed by atoms with van der Waals surface area (Å²) >= 11 is 0. The van der Waals surface area contributed by atoms with Gasteiger partial charge in [0.2, 0.25) is 0 Å². The van der Waals surface area contributed by atoms with Gasteiger partial charge >= 0.3 is 6.09 Å². The summed E-state index contributed by atoms with van der Waals surface area (Å²) in [5, 5.41) is 15.0. The fraction of sp³-hybridized carbons (Fsp3) is 0.591. The van der Waals surface area contributed by atoms with Crippen LogP contribution < -0.4 is 0 Å². The number of likely N-dealkylation sites (tertiary alicyclic amines) is 1. The van der Waals surface area contributed by atoms with E-state index in [-0.39, 0.29) is 42.0 Å². The summed E-state index contributed by atoms with van der Waals surface area (Å²) in [6.07, 6.45) is -1.11. The van der Waals surface area contributed by atoms with Gasteiger partial charge in [0.05, 0.1) is 4.92 Å². The molecule has 1 fully saturated rings. The molecular formula is C22H34N4O7Si. The number of carbonyl (C=O) groups is 2. The second-order valence-electron chi connectivity index (χ2n) is 9.68. The van der Waals surface area contributed by atoms with Crippen LogP contribution in [-0.4, -0.2) is 75.0 Å². The number of amides is 2. The van der Waals surface area contributed by atoms with Gasteiger partial charge in [-0.2, -0.15) is 0 Å². The van der Waals surface area contributed by atoms with E-state index in [0.717, 1.165) is 0 Å². The number of oxime groups is 1. The first-order chi connectivity index (χ1) is 15.8. The van der Waals surface area contributed by atoms with Gasteiger partial charge in [-0.15, -0.1) is 0 Å². The molecule has 1 heterocycles. The summed E-state index contributed by atoms with van der Waals surface area (Å²) in [5.74, 6) is -0.0553. The van der Waals surface area contributed by atoms with Crippen molar-refractivity contribution >= 4 is 32.6 Å². The zero-order chi connectivity index (χ0) is 25.6. The first kappa shape index (κ1) is 27.3. The van der Waals surface area contributed by atoms with Crippen molar-refractivity contribution in [2.75, 3.05) is 27.2 Å². The van der Waals surface area contributed by atoms with Gasteiger partial charge in [-0.25, -0.2) is 4.79 Å². The molecule has 0 radical (unpaired) electrons. The Kier molecular flexibility index (Phi) is 9.16. The molecule has 0 aliphatic carbocycles. The van der Waals surface area contributed by atoms with Crippen LogP contribution in [0, 0.1) is 21.4 Å². The molecule has 188 valence electrons. The molecule has 11 nitrogen and oxygen atoms in total. The molecule has 2 atom stereocenters. The molecule has 0 saturated carbocycles. The number of hydrogen-bond acceptors (Lipinski definition) is 8. The van der Waals surface area contributed by atoms with E-state index in [1.807, 2.05) is 13.1 Å². The van der Waals surface area contributed by atoms with Gasteiger partial charge in [-0.1, -0.05) is 25.9 Å². The monoisotopic (exact) mass is 494 g/mol. The molecule has 0 N–H and O–H groups in total. The highest BCUT2D eigenvalue weighted by Crippen LogP contribution is 2.37.